The van der Waals surface area contributed by atoms with Gasteiger partial charge in [-0.2, -0.15) is 0 Å². The minimum Gasteiger partial charge on any atom is -0.495 e. The molecule has 134 valence electrons. The highest BCUT2D eigenvalue weighted by Gasteiger charge is 2.11. The summed E-state index contributed by atoms with van der Waals surface area (Å²) < 4.78 is 5.30. The van der Waals surface area contributed by atoms with E-state index in [1.165, 1.54) is 10.8 Å². The van der Waals surface area contributed by atoms with E-state index in [0.717, 1.165) is 11.1 Å². The minimum absolute atomic E-state index is 0.0739. The van der Waals surface area contributed by atoms with Crippen LogP contribution in [0.1, 0.15) is 24.1 Å². The van der Waals surface area contributed by atoms with Crippen LogP contribution in [0.25, 0.3) is 10.8 Å². The number of methoxy groups -OCH3 is 1. The van der Waals surface area contributed by atoms with E-state index in [4.69, 9.17) is 4.74 Å². The molecule has 0 aliphatic heterocycles. The van der Waals surface area contributed by atoms with Crippen LogP contribution in [0.3, 0.4) is 0 Å². The maximum atomic E-state index is 12.3. The first-order chi connectivity index (χ1) is 12.6. The lowest BCUT2D eigenvalue weighted by atomic mass is 10.0. The number of ether oxygens (including phenoxy) is 1. The minimum atomic E-state index is -0.0958. The first-order valence-corrected chi connectivity index (χ1v) is 8.73. The number of amides is 1. The molecule has 1 amide bonds. The van der Waals surface area contributed by atoms with Crippen molar-refractivity contribution in [3.05, 3.63) is 71.8 Å². The molecule has 0 aliphatic carbocycles. The lowest BCUT2D eigenvalue weighted by molar-refractivity contribution is -0.115. The summed E-state index contributed by atoms with van der Waals surface area (Å²) in [7, 11) is 1.60. The highest BCUT2D eigenvalue weighted by atomic mass is 16.5. The van der Waals surface area contributed by atoms with Crippen molar-refractivity contribution in [2.75, 3.05) is 19.0 Å². The van der Waals surface area contributed by atoms with E-state index in [1.54, 1.807) is 7.11 Å². The van der Waals surface area contributed by atoms with Crippen molar-refractivity contribution < 1.29 is 9.53 Å². The highest BCUT2D eigenvalue weighted by Crippen LogP contribution is 2.25. The van der Waals surface area contributed by atoms with Crippen molar-refractivity contribution in [2.24, 2.45) is 0 Å². The fourth-order valence-electron chi connectivity index (χ4n) is 2.95. The van der Waals surface area contributed by atoms with E-state index in [1.807, 2.05) is 37.3 Å². The molecule has 0 radical (unpaired) electrons. The van der Waals surface area contributed by atoms with Crippen molar-refractivity contribution in [3.8, 4) is 5.75 Å². The number of anilines is 1. The number of rotatable bonds is 6. The van der Waals surface area contributed by atoms with Gasteiger partial charge in [0, 0.05) is 6.04 Å². The third-order valence-corrected chi connectivity index (χ3v) is 4.47. The van der Waals surface area contributed by atoms with Gasteiger partial charge in [-0.05, 0) is 53.9 Å². The molecule has 3 rings (SSSR count). The Bertz CT molecular complexity index is 921. The number of nitrogens with one attached hydrogen (secondary N) is 2. The topological polar surface area (TPSA) is 50.4 Å². The number of hydrogen-bond acceptors (Lipinski definition) is 3. The normalized spacial score (nSPS) is 12.0. The van der Waals surface area contributed by atoms with Crippen LogP contribution < -0.4 is 15.4 Å². The predicted molar refractivity (Wildman–Crippen MR) is 107 cm³/mol. The molecule has 0 heterocycles. The third-order valence-electron chi connectivity index (χ3n) is 4.47. The maximum absolute atomic E-state index is 12.3. The Hall–Kier alpha value is -2.85. The van der Waals surface area contributed by atoms with Crippen LogP contribution in [0.4, 0.5) is 5.69 Å². The van der Waals surface area contributed by atoms with E-state index < -0.39 is 0 Å². The molecular formula is C22H24N2O2. The van der Waals surface area contributed by atoms with Gasteiger partial charge in [-0.15, -0.1) is 0 Å². The van der Waals surface area contributed by atoms with Gasteiger partial charge in [0.1, 0.15) is 5.75 Å². The second kappa shape index (κ2) is 8.02. The summed E-state index contributed by atoms with van der Waals surface area (Å²) in [5.41, 5.74) is 2.92. The van der Waals surface area contributed by atoms with Crippen LogP contribution in [0, 0.1) is 6.92 Å². The van der Waals surface area contributed by atoms with Crippen molar-refractivity contribution in [3.63, 3.8) is 0 Å². The van der Waals surface area contributed by atoms with Gasteiger partial charge in [-0.1, -0.05) is 42.5 Å². The first kappa shape index (κ1) is 18.0. The molecule has 0 aromatic heterocycles. The van der Waals surface area contributed by atoms with E-state index in [-0.39, 0.29) is 18.5 Å². The first-order valence-electron chi connectivity index (χ1n) is 8.73. The zero-order valence-corrected chi connectivity index (χ0v) is 15.4. The number of carbonyl (C=O) groups is 1. The van der Waals surface area contributed by atoms with Gasteiger partial charge in [0.25, 0.3) is 0 Å². The molecule has 0 fully saturated rings. The molecule has 0 aliphatic rings. The lowest BCUT2D eigenvalue weighted by Gasteiger charge is -2.16. The van der Waals surface area contributed by atoms with Crippen molar-refractivity contribution in [2.45, 2.75) is 19.9 Å². The van der Waals surface area contributed by atoms with E-state index >= 15 is 0 Å². The van der Waals surface area contributed by atoms with Gasteiger partial charge in [-0.3, -0.25) is 4.79 Å². The third kappa shape index (κ3) is 4.21. The Kier molecular flexibility index (Phi) is 5.54. The fraction of sp³-hybridized carbons (Fsp3) is 0.227. The maximum Gasteiger partial charge on any atom is 0.238 e. The molecule has 4 heteroatoms. The highest BCUT2D eigenvalue weighted by molar-refractivity contribution is 5.93. The molecule has 0 spiro atoms. The summed E-state index contributed by atoms with van der Waals surface area (Å²) in [5, 5.41) is 8.61. The molecule has 0 unspecified atom stereocenters. The molecular weight excluding hydrogens is 324 g/mol. The smallest absolute Gasteiger partial charge is 0.238 e. The Morgan fingerprint density at radius 3 is 2.58 bits per heavy atom. The second-order valence-electron chi connectivity index (χ2n) is 6.46. The average molecular weight is 348 g/mol. The van der Waals surface area contributed by atoms with E-state index in [2.05, 4.69) is 47.9 Å². The second-order valence-corrected chi connectivity index (χ2v) is 6.46. The molecule has 3 aromatic carbocycles. The molecule has 0 bridgehead atoms. The Morgan fingerprint density at radius 1 is 1.04 bits per heavy atom. The van der Waals surface area contributed by atoms with Gasteiger partial charge in [-0.25, -0.2) is 0 Å². The SMILES string of the molecule is COc1ccc(C)cc1NC(=O)CN[C@H](C)c1ccc2ccccc2c1. The molecule has 0 saturated heterocycles. The number of carbonyl (C=O) groups excluding carboxylic acids is 1. The fourth-order valence-corrected chi connectivity index (χ4v) is 2.95. The van der Waals surface area contributed by atoms with Crippen LogP contribution in [0.5, 0.6) is 5.75 Å². The standard InChI is InChI=1S/C22H24N2O2/c1-15-8-11-21(26-3)20(12-15)24-22(25)14-23-16(2)18-10-9-17-6-4-5-7-19(17)13-18/h4-13,16,23H,14H2,1-3H3,(H,24,25)/t16-/m1/s1. The molecule has 2 N–H and O–H groups in total. The largest absolute Gasteiger partial charge is 0.495 e. The van der Waals surface area contributed by atoms with Crippen LogP contribution in [0.15, 0.2) is 60.7 Å². The van der Waals surface area contributed by atoms with Gasteiger partial charge in [0.2, 0.25) is 5.91 Å². The summed E-state index contributed by atoms with van der Waals surface area (Å²) in [5.74, 6) is 0.563. The van der Waals surface area contributed by atoms with Gasteiger partial charge >= 0.3 is 0 Å². The summed E-state index contributed by atoms with van der Waals surface area (Å²) in [6, 6.07) is 20.4. The van der Waals surface area contributed by atoms with Gasteiger partial charge < -0.3 is 15.4 Å². The Labute approximate surface area is 154 Å². The van der Waals surface area contributed by atoms with Crippen LogP contribution >= 0.6 is 0 Å². The molecule has 4 nitrogen and oxygen atoms in total. The average Bonchev–Trinajstić information content (AvgIpc) is 2.66. The summed E-state index contributed by atoms with van der Waals surface area (Å²) in [4.78, 5) is 12.3. The molecule has 1 atom stereocenters. The molecule has 0 saturated carbocycles. The molecule has 26 heavy (non-hydrogen) atoms. The van der Waals surface area contributed by atoms with Gasteiger partial charge in [0.15, 0.2) is 0 Å². The zero-order valence-electron chi connectivity index (χ0n) is 15.4. The quantitative estimate of drug-likeness (QED) is 0.692. The monoisotopic (exact) mass is 348 g/mol. The Morgan fingerprint density at radius 2 is 1.81 bits per heavy atom. The van der Waals surface area contributed by atoms with Crippen molar-refractivity contribution in [1.82, 2.24) is 5.32 Å². The van der Waals surface area contributed by atoms with Crippen LogP contribution in [-0.2, 0) is 4.79 Å². The Balaban J connectivity index is 1.62. The zero-order chi connectivity index (χ0) is 18.5. The summed E-state index contributed by atoms with van der Waals surface area (Å²) in [6.07, 6.45) is 0. The lowest BCUT2D eigenvalue weighted by Crippen LogP contribution is -2.30. The van der Waals surface area contributed by atoms with E-state index in [9.17, 15) is 4.79 Å². The summed E-state index contributed by atoms with van der Waals surface area (Å²) in [6.45, 7) is 4.27. The predicted octanol–water partition coefficient (Wildman–Crippen LogP) is 4.45. The van der Waals surface area contributed by atoms with Crippen LogP contribution in [-0.4, -0.2) is 19.6 Å². The number of aryl methyl sites for hydroxylation is 1. The van der Waals surface area contributed by atoms with Crippen molar-refractivity contribution in [1.29, 1.82) is 0 Å². The summed E-state index contributed by atoms with van der Waals surface area (Å²) >= 11 is 0. The molecule has 3 aromatic rings. The number of benzene rings is 3. The number of hydrogen-bond donors (Lipinski definition) is 2. The van der Waals surface area contributed by atoms with Crippen LogP contribution in [0.2, 0.25) is 0 Å². The van der Waals surface area contributed by atoms with Gasteiger partial charge in [0.05, 0.1) is 19.3 Å². The number of fused-ring (bicyclic) bond motifs is 1. The van der Waals surface area contributed by atoms with Crippen molar-refractivity contribution >= 4 is 22.4 Å². The van der Waals surface area contributed by atoms with E-state index in [0.29, 0.717) is 11.4 Å².